The number of carboxylic acid groups (broad SMARTS) is 1. The number of aromatic nitrogens is 1. The molecule has 1 aromatic heterocycles. The van der Waals surface area contributed by atoms with Crippen molar-refractivity contribution in [3.05, 3.63) is 15.6 Å². The van der Waals surface area contributed by atoms with Crippen molar-refractivity contribution >= 4 is 17.3 Å². The number of rotatable bonds is 6. The van der Waals surface area contributed by atoms with Gasteiger partial charge in [-0.15, -0.1) is 11.3 Å². The van der Waals surface area contributed by atoms with E-state index in [1.807, 2.05) is 27.7 Å². The fourth-order valence-corrected chi connectivity index (χ4v) is 3.16. The molecule has 1 heterocycles. The van der Waals surface area contributed by atoms with Gasteiger partial charge in [0, 0.05) is 10.9 Å². The zero-order chi connectivity index (χ0) is 13.9. The second-order valence-corrected chi connectivity index (χ2v) is 6.17. The number of hydrogen-bond donors (Lipinski definition) is 2. The molecule has 0 bridgehead atoms. The number of nitrogens with one attached hydrogen (secondary N) is 1. The Bertz CT molecular complexity index is 431. The summed E-state index contributed by atoms with van der Waals surface area (Å²) in [4.78, 5) is 16.9. The van der Waals surface area contributed by atoms with E-state index in [0.717, 1.165) is 22.0 Å². The molecule has 0 saturated carbocycles. The van der Waals surface area contributed by atoms with Gasteiger partial charge < -0.3 is 5.11 Å². The van der Waals surface area contributed by atoms with Gasteiger partial charge in [0.15, 0.2) is 0 Å². The largest absolute Gasteiger partial charge is 0.480 e. The molecule has 2 atom stereocenters. The van der Waals surface area contributed by atoms with Gasteiger partial charge in [0.25, 0.3) is 0 Å². The Morgan fingerprint density at radius 1 is 1.56 bits per heavy atom. The molecule has 0 aliphatic heterocycles. The zero-order valence-corrected chi connectivity index (χ0v) is 12.5. The zero-order valence-electron chi connectivity index (χ0n) is 11.7. The van der Waals surface area contributed by atoms with Crippen LogP contribution in [0.25, 0.3) is 0 Å². The van der Waals surface area contributed by atoms with Gasteiger partial charge in [-0.05, 0) is 34.1 Å². The maximum Gasteiger partial charge on any atom is 0.323 e. The lowest BCUT2D eigenvalue weighted by molar-refractivity contribution is -0.144. The maximum absolute atomic E-state index is 11.4. The van der Waals surface area contributed by atoms with E-state index >= 15 is 0 Å². The van der Waals surface area contributed by atoms with Gasteiger partial charge in [-0.25, -0.2) is 4.98 Å². The van der Waals surface area contributed by atoms with E-state index in [2.05, 4.69) is 10.3 Å². The number of aryl methyl sites for hydroxylation is 2. The van der Waals surface area contributed by atoms with Crippen molar-refractivity contribution < 1.29 is 9.90 Å². The van der Waals surface area contributed by atoms with Crippen LogP contribution in [0, 0.1) is 13.8 Å². The third kappa shape index (κ3) is 3.29. The Labute approximate surface area is 112 Å². The van der Waals surface area contributed by atoms with Gasteiger partial charge in [-0.2, -0.15) is 0 Å². The average Bonchev–Trinajstić information content (AvgIpc) is 2.57. The first-order valence-electron chi connectivity index (χ1n) is 6.25. The summed E-state index contributed by atoms with van der Waals surface area (Å²) in [5.41, 5.74) is 0.111. The molecule has 0 amide bonds. The highest BCUT2D eigenvalue weighted by molar-refractivity contribution is 7.11. The third-order valence-electron chi connectivity index (χ3n) is 3.09. The second-order valence-electron chi connectivity index (χ2n) is 4.94. The molecule has 2 unspecified atom stereocenters. The molecule has 18 heavy (non-hydrogen) atoms. The van der Waals surface area contributed by atoms with E-state index in [0.29, 0.717) is 6.42 Å². The number of thiazole rings is 1. The summed E-state index contributed by atoms with van der Waals surface area (Å²) in [7, 11) is 0. The lowest BCUT2D eigenvalue weighted by Gasteiger charge is -2.29. The Balaban J connectivity index is 2.88. The van der Waals surface area contributed by atoms with Crippen molar-refractivity contribution in [1.29, 1.82) is 0 Å². The molecule has 0 aliphatic rings. The summed E-state index contributed by atoms with van der Waals surface area (Å²) >= 11 is 1.63. The monoisotopic (exact) mass is 270 g/mol. The minimum Gasteiger partial charge on any atom is -0.480 e. The highest BCUT2D eigenvalue weighted by Gasteiger charge is 2.34. The fourth-order valence-electron chi connectivity index (χ4n) is 2.23. The molecule has 5 heteroatoms. The van der Waals surface area contributed by atoms with Crippen LogP contribution in [-0.4, -0.2) is 21.6 Å². The smallest absolute Gasteiger partial charge is 0.323 e. The van der Waals surface area contributed by atoms with Crippen LogP contribution in [0.3, 0.4) is 0 Å². The summed E-state index contributed by atoms with van der Waals surface area (Å²) in [6, 6.07) is 0.00356. The highest BCUT2D eigenvalue weighted by Crippen LogP contribution is 2.27. The molecule has 102 valence electrons. The number of hydrogen-bond acceptors (Lipinski definition) is 4. The van der Waals surface area contributed by atoms with Crippen LogP contribution in [0.1, 0.15) is 55.2 Å². The van der Waals surface area contributed by atoms with Gasteiger partial charge in [-0.1, -0.05) is 13.3 Å². The number of carbonyl (C=O) groups is 1. The van der Waals surface area contributed by atoms with Gasteiger partial charge in [-0.3, -0.25) is 10.1 Å². The summed E-state index contributed by atoms with van der Waals surface area (Å²) in [6.45, 7) is 9.68. The lowest BCUT2D eigenvalue weighted by atomic mass is 9.95. The Kier molecular flexibility index (Phi) is 4.87. The van der Waals surface area contributed by atoms with E-state index < -0.39 is 11.5 Å². The Morgan fingerprint density at radius 3 is 2.56 bits per heavy atom. The molecule has 0 aliphatic carbocycles. The summed E-state index contributed by atoms with van der Waals surface area (Å²) in [6.07, 6.45) is 1.45. The van der Waals surface area contributed by atoms with Crippen molar-refractivity contribution in [2.45, 2.75) is 59.0 Å². The number of aliphatic carboxylic acids is 1. The van der Waals surface area contributed by atoms with Crippen LogP contribution in [-0.2, 0) is 4.79 Å². The fraction of sp³-hybridized carbons (Fsp3) is 0.692. The van der Waals surface area contributed by atoms with E-state index in [1.54, 1.807) is 18.3 Å². The Morgan fingerprint density at radius 2 is 2.17 bits per heavy atom. The van der Waals surface area contributed by atoms with Gasteiger partial charge in [0.05, 0.1) is 10.7 Å². The maximum atomic E-state index is 11.4. The number of carboxylic acids is 1. The van der Waals surface area contributed by atoms with Crippen molar-refractivity contribution in [1.82, 2.24) is 10.3 Å². The van der Waals surface area contributed by atoms with Gasteiger partial charge in [0.1, 0.15) is 5.54 Å². The third-order valence-corrected chi connectivity index (χ3v) is 4.35. The van der Waals surface area contributed by atoms with E-state index in [1.165, 1.54) is 0 Å². The van der Waals surface area contributed by atoms with Crippen LogP contribution >= 0.6 is 11.3 Å². The standard InChI is InChI=1S/C13H22N2O2S/c1-6-7-13(5,12(16)17)15-9(3)11-8(2)14-10(4)18-11/h9,15H,6-7H2,1-5H3,(H,16,17). The number of nitrogens with zero attached hydrogens (tertiary/aromatic N) is 1. The molecule has 0 fully saturated rings. The van der Waals surface area contributed by atoms with Crippen molar-refractivity contribution in [3.8, 4) is 0 Å². The molecular weight excluding hydrogens is 248 g/mol. The van der Waals surface area contributed by atoms with Crippen LogP contribution in [0.4, 0.5) is 0 Å². The van der Waals surface area contributed by atoms with Gasteiger partial charge >= 0.3 is 5.97 Å². The molecule has 2 N–H and O–H groups in total. The first-order chi connectivity index (χ1) is 8.30. The summed E-state index contributed by atoms with van der Waals surface area (Å²) in [5.74, 6) is -0.796. The normalized spacial score (nSPS) is 16.3. The minimum absolute atomic E-state index is 0.00356. The lowest BCUT2D eigenvalue weighted by Crippen LogP contribution is -2.50. The molecule has 0 saturated heterocycles. The highest BCUT2D eigenvalue weighted by atomic mass is 32.1. The summed E-state index contributed by atoms with van der Waals surface area (Å²) in [5, 5.41) is 13.6. The molecule has 0 aromatic carbocycles. The molecule has 1 rings (SSSR count). The quantitative estimate of drug-likeness (QED) is 0.834. The Hall–Kier alpha value is -0.940. The van der Waals surface area contributed by atoms with Crippen molar-refractivity contribution in [2.75, 3.05) is 0 Å². The average molecular weight is 270 g/mol. The van der Waals surface area contributed by atoms with E-state index in [4.69, 9.17) is 0 Å². The molecule has 1 aromatic rings. The van der Waals surface area contributed by atoms with E-state index in [9.17, 15) is 9.90 Å². The SMILES string of the molecule is CCCC(C)(NC(C)c1sc(C)nc1C)C(=O)O. The molecular formula is C13H22N2O2S. The van der Waals surface area contributed by atoms with Crippen LogP contribution in [0.15, 0.2) is 0 Å². The minimum atomic E-state index is -0.876. The summed E-state index contributed by atoms with van der Waals surface area (Å²) < 4.78 is 0. The molecule has 0 radical (unpaired) electrons. The topological polar surface area (TPSA) is 62.2 Å². The predicted molar refractivity (Wildman–Crippen MR) is 74.1 cm³/mol. The van der Waals surface area contributed by atoms with Crippen molar-refractivity contribution in [2.24, 2.45) is 0 Å². The molecule has 0 spiro atoms. The second kappa shape index (κ2) is 5.80. The van der Waals surface area contributed by atoms with Gasteiger partial charge in [0.2, 0.25) is 0 Å². The predicted octanol–water partition coefficient (Wildman–Crippen LogP) is 3.05. The van der Waals surface area contributed by atoms with Crippen LogP contribution in [0.5, 0.6) is 0 Å². The van der Waals surface area contributed by atoms with Crippen molar-refractivity contribution in [3.63, 3.8) is 0 Å². The van der Waals surface area contributed by atoms with Crippen LogP contribution < -0.4 is 5.32 Å². The van der Waals surface area contributed by atoms with Crippen LogP contribution in [0.2, 0.25) is 0 Å². The first-order valence-corrected chi connectivity index (χ1v) is 7.07. The first kappa shape index (κ1) is 15.1. The van der Waals surface area contributed by atoms with E-state index in [-0.39, 0.29) is 6.04 Å². The molecule has 4 nitrogen and oxygen atoms in total.